The fourth-order valence-electron chi connectivity index (χ4n) is 0.523. The molecule has 0 aromatic heterocycles. The largest absolute Gasteiger partial charge is 0.391 e. The molecule has 2 atom stereocenters. The van der Waals surface area contributed by atoms with Crippen LogP contribution in [0.25, 0.3) is 0 Å². The number of rotatable bonds is 5. The van der Waals surface area contributed by atoms with Crippen LogP contribution >= 0.6 is 11.8 Å². The summed E-state index contributed by atoms with van der Waals surface area (Å²) in [6.07, 6.45) is -0.332. The van der Waals surface area contributed by atoms with Gasteiger partial charge in [0, 0.05) is 17.5 Å². The molecule has 0 aromatic rings. The first-order valence-corrected chi connectivity index (χ1v) is 5.12. The van der Waals surface area contributed by atoms with Gasteiger partial charge in [0.15, 0.2) is 0 Å². The zero-order valence-electron chi connectivity index (χ0n) is 7.58. The quantitative estimate of drug-likeness (QED) is 0.660. The van der Waals surface area contributed by atoms with Gasteiger partial charge in [0.2, 0.25) is 0 Å². The van der Waals surface area contributed by atoms with Gasteiger partial charge in [0.25, 0.3) is 0 Å². The first-order chi connectivity index (χ1) is 5.07. The van der Waals surface area contributed by atoms with Crippen molar-refractivity contribution in [3.8, 4) is 0 Å². The van der Waals surface area contributed by atoms with Crippen molar-refractivity contribution in [1.29, 1.82) is 0 Å². The number of hydrogen-bond donors (Lipinski definition) is 2. The van der Waals surface area contributed by atoms with E-state index in [1.54, 1.807) is 11.8 Å². The number of thioether (sulfide) groups is 1. The molecule has 0 spiro atoms. The van der Waals surface area contributed by atoms with Crippen molar-refractivity contribution < 1.29 is 5.11 Å². The van der Waals surface area contributed by atoms with Crippen LogP contribution in [0.15, 0.2) is 0 Å². The average molecular weight is 177 g/mol. The van der Waals surface area contributed by atoms with Gasteiger partial charge in [-0.05, 0) is 5.92 Å². The molecule has 3 N–H and O–H groups in total. The Morgan fingerprint density at radius 2 is 1.91 bits per heavy atom. The predicted octanol–water partition coefficient (Wildman–Crippen LogP) is 1.08. The number of aliphatic hydroxyl groups is 1. The molecule has 0 amide bonds. The Morgan fingerprint density at radius 1 is 1.36 bits per heavy atom. The van der Waals surface area contributed by atoms with Crippen LogP contribution in [0, 0.1) is 5.92 Å². The smallest absolute Gasteiger partial charge is 0.0752 e. The Morgan fingerprint density at radius 3 is 2.27 bits per heavy atom. The third-order valence-corrected chi connectivity index (χ3v) is 3.41. The second kappa shape index (κ2) is 5.86. The minimum Gasteiger partial charge on any atom is -0.391 e. The highest BCUT2D eigenvalue weighted by Crippen LogP contribution is 2.18. The molecule has 3 heteroatoms. The maximum absolute atomic E-state index is 9.14. The second-order valence-corrected chi connectivity index (χ2v) is 4.58. The van der Waals surface area contributed by atoms with Crippen molar-refractivity contribution in [2.45, 2.75) is 32.1 Å². The normalized spacial score (nSPS) is 16.9. The van der Waals surface area contributed by atoms with Gasteiger partial charge in [-0.3, -0.25) is 0 Å². The highest BCUT2D eigenvalue weighted by molar-refractivity contribution is 7.99. The van der Waals surface area contributed by atoms with Crippen LogP contribution in [0.2, 0.25) is 0 Å². The van der Waals surface area contributed by atoms with E-state index < -0.39 is 0 Å². The zero-order valence-corrected chi connectivity index (χ0v) is 8.40. The van der Waals surface area contributed by atoms with E-state index in [1.807, 2.05) is 0 Å². The molecule has 0 fully saturated rings. The van der Waals surface area contributed by atoms with Gasteiger partial charge in [-0.25, -0.2) is 0 Å². The van der Waals surface area contributed by atoms with Crippen molar-refractivity contribution in [1.82, 2.24) is 0 Å². The number of hydrogen-bond acceptors (Lipinski definition) is 3. The lowest BCUT2D eigenvalue weighted by Crippen LogP contribution is -2.23. The zero-order chi connectivity index (χ0) is 8.85. The molecule has 2 nitrogen and oxygen atoms in total. The topological polar surface area (TPSA) is 46.2 Å². The maximum Gasteiger partial charge on any atom is 0.0752 e. The third kappa shape index (κ3) is 5.53. The van der Waals surface area contributed by atoms with Gasteiger partial charge in [0.05, 0.1) is 6.10 Å². The van der Waals surface area contributed by atoms with E-state index in [1.165, 1.54) is 0 Å². The molecule has 0 saturated carbocycles. The van der Waals surface area contributed by atoms with Gasteiger partial charge in [-0.15, -0.1) is 0 Å². The van der Waals surface area contributed by atoms with E-state index in [2.05, 4.69) is 20.8 Å². The molecule has 0 aliphatic rings. The van der Waals surface area contributed by atoms with E-state index in [4.69, 9.17) is 10.8 Å². The molecule has 0 rings (SSSR count). The highest BCUT2D eigenvalue weighted by Gasteiger charge is 2.09. The first-order valence-electron chi connectivity index (χ1n) is 4.07. The van der Waals surface area contributed by atoms with E-state index in [-0.39, 0.29) is 6.10 Å². The Labute approximate surface area is 73.6 Å². The van der Waals surface area contributed by atoms with Crippen molar-refractivity contribution in [3.05, 3.63) is 0 Å². The summed E-state index contributed by atoms with van der Waals surface area (Å²) in [6, 6.07) is 0. The lowest BCUT2D eigenvalue weighted by atomic mass is 10.2. The molecule has 2 unspecified atom stereocenters. The fourth-order valence-corrected chi connectivity index (χ4v) is 1.57. The Hall–Kier alpha value is 0.270. The molecule has 0 aliphatic heterocycles. The van der Waals surface area contributed by atoms with Gasteiger partial charge in [-0.1, -0.05) is 20.8 Å². The maximum atomic E-state index is 9.14. The second-order valence-electron chi connectivity index (χ2n) is 3.17. The first kappa shape index (κ1) is 11.3. The lowest BCUT2D eigenvalue weighted by Gasteiger charge is -2.16. The monoisotopic (exact) mass is 177 g/mol. The summed E-state index contributed by atoms with van der Waals surface area (Å²) in [4.78, 5) is 0. The minimum absolute atomic E-state index is 0.332. The summed E-state index contributed by atoms with van der Waals surface area (Å²) in [5, 5.41) is 9.75. The average Bonchev–Trinajstić information content (AvgIpc) is 1.99. The summed E-state index contributed by atoms with van der Waals surface area (Å²) >= 11 is 1.79. The molecule has 0 aromatic carbocycles. The number of aliphatic hydroxyl groups excluding tert-OH is 1. The van der Waals surface area contributed by atoms with Crippen molar-refractivity contribution in [2.24, 2.45) is 11.7 Å². The summed E-state index contributed by atoms with van der Waals surface area (Å²) < 4.78 is 0. The van der Waals surface area contributed by atoms with Gasteiger partial charge in [0.1, 0.15) is 0 Å². The number of nitrogens with two attached hydrogens (primary N) is 1. The van der Waals surface area contributed by atoms with Crippen molar-refractivity contribution in [2.75, 3.05) is 12.3 Å². The van der Waals surface area contributed by atoms with Gasteiger partial charge in [-0.2, -0.15) is 11.8 Å². The minimum atomic E-state index is -0.332. The Balaban J connectivity index is 3.37. The summed E-state index contributed by atoms with van der Waals surface area (Å²) in [7, 11) is 0. The van der Waals surface area contributed by atoms with Crippen LogP contribution in [-0.2, 0) is 0 Å². The van der Waals surface area contributed by atoms with E-state index in [0.717, 1.165) is 5.75 Å². The van der Waals surface area contributed by atoms with Crippen LogP contribution < -0.4 is 5.73 Å². The molecule has 0 saturated heterocycles. The molecule has 0 radical (unpaired) electrons. The molecular formula is C8H19NOS. The van der Waals surface area contributed by atoms with Crippen molar-refractivity contribution >= 4 is 11.8 Å². The third-order valence-electron chi connectivity index (χ3n) is 1.76. The Bertz CT molecular complexity index is 98.1. The van der Waals surface area contributed by atoms with Gasteiger partial charge < -0.3 is 10.8 Å². The molecule has 0 heterocycles. The fraction of sp³-hybridized carbons (Fsp3) is 1.00. The van der Waals surface area contributed by atoms with Crippen LogP contribution in [0.5, 0.6) is 0 Å². The SMILES string of the molecule is CC(C)C(C)SCC(O)CN. The highest BCUT2D eigenvalue weighted by atomic mass is 32.2. The van der Waals surface area contributed by atoms with Crippen LogP contribution in [0.4, 0.5) is 0 Å². The van der Waals surface area contributed by atoms with E-state index >= 15 is 0 Å². The Kier molecular flexibility index (Phi) is 6.01. The molecule has 0 aliphatic carbocycles. The predicted molar refractivity (Wildman–Crippen MR) is 51.8 cm³/mol. The van der Waals surface area contributed by atoms with Crippen LogP contribution in [0.1, 0.15) is 20.8 Å². The van der Waals surface area contributed by atoms with Crippen molar-refractivity contribution in [3.63, 3.8) is 0 Å². The lowest BCUT2D eigenvalue weighted by molar-refractivity contribution is 0.208. The summed E-state index contributed by atoms with van der Waals surface area (Å²) in [5.74, 6) is 1.43. The van der Waals surface area contributed by atoms with Crippen LogP contribution in [-0.4, -0.2) is 28.8 Å². The van der Waals surface area contributed by atoms with E-state index in [9.17, 15) is 0 Å². The molecule has 11 heavy (non-hydrogen) atoms. The van der Waals surface area contributed by atoms with E-state index in [0.29, 0.717) is 17.7 Å². The molecule has 0 bridgehead atoms. The molecular weight excluding hydrogens is 158 g/mol. The molecule has 68 valence electrons. The summed E-state index contributed by atoms with van der Waals surface area (Å²) in [6.45, 7) is 6.93. The van der Waals surface area contributed by atoms with Crippen LogP contribution in [0.3, 0.4) is 0 Å². The standard InChI is InChI=1S/C8H19NOS/c1-6(2)7(3)11-5-8(10)4-9/h6-8,10H,4-5,9H2,1-3H3. The summed E-state index contributed by atoms with van der Waals surface area (Å²) in [5.41, 5.74) is 5.27. The van der Waals surface area contributed by atoms with Gasteiger partial charge >= 0.3 is 0 Å².